The molecule has 7 nitrogen and oxygen atoms in total. The number of esters is 1. The van der Waals surface area contributed by atoms with E-state index in [-0.39, 0.29) is 18.0 Å². The van der Waals surface area contributed by atoms with Gasteiger partial charge in [-0.15, -0.1) is 0 Å². The zero-order valence-electron chi connectivity index (χ0n) is 14.3. The minimum Gasteiger partial charge on any atom is -0.465 e. The quantitative estimate of drug-likeness (QED) is 0.855. The first-order chi connectivity index (χ1) is 11.3. The number of H-pyrrole nitrogens is 1. The van der Waals surface area contributed by atoms with Gasteiger partial charge in [-0.1, -0.05) is 0 Å². The molecule has 1 saturated heterocycles. The minimum absolute atomic E-state index is 0.149. The maximum Gasteiger partial charge on any atom is 0.410 e. The van der Waals surface area contributed by atoms with Gasteiger partial charge in [0.15, 0.2) is 0 Å². The Balaban J connectivity index is 1.75. The molecule has 1 amide bonds. The summed E-state index contributed by atoms with van der Waals surface area (Å²) in [6.45, 7) is 6.67. The van der Waals surface area contributed by atoms with Crippen LogP contribution < -0.4 is 0 Å². The van der Waals surface area contributed by atoms with Crippen LogP contribution in [-0.4, -0.2) is 53.0 Å². The SMILES string of the molecule is COC(=O)c1ccc2n[nH]c(C3CN(C(=O)OC(C)(C)C)C3)c2c1. The standard InChI is InChI=1S/C17H21N3O4/c1-17(2,3)24-16(22)20-8-11(9-20)14-12-7-10(15(21)23-4)5-6-13(12)18-19-14/h5-7,11H,8-9H2,1-4H3,(H,18,19). The predicted molar refractivity (Wildman–Crippen MR) is 88.0 cm³/mol. The fraction of sp³-hybridized carbons (Fsp3) is 0.471. The van der Waals surface area contributed by atoms with Crippen molar-refractivity contribution in [1.29, 1.82) is 0 Å². The summed E-state index contributed by atoms with van der Waals surface area (Å²) in [5.41, 5.74) is 1.69. The van der Waals surface area contributed by atoms with Gasteiger partial charge in [-0.05, 0) is 39.0 Å². The highest BCUT2D eigenvalue weighted by atomic mass is 16.6. The number of fused-ring (bicyclic) bond motifs is 1. The smallest absolute Gasteiger partial charge is 0.410 e. The number of rotatable bonds is 2. The van der Waals surface area contributed by atoms with Gasteiger partial charge in [0.1, 0.15) is 5.60 Å². The zero-order valence-corrected chi connectivity index (χ0v) is 14.3. The van der Waals surface area contributed by atoms with E-state index in [9.17, 15) is 9.59 Å². The molecule has 7 heteroatoms. The van der Waals surface area contributed by atoms with Crippen molar-refractivity contribution in [3.8, 4) is 0 Å². The van der Waals surface area contributed by atoms with Gasteiger partial charge in [0, 0.05) is 30.1 Å². The van der Waals surface area contributed by atoms with Gasteiger partial charge in [0.05, 0.1) is 18.2 Å². The molecule has 1 aromatic carbocycles. The number of aromatic amines is 1. The van der Waals surface area contributed by atoms with Crippen molar-refractivity contribution in [2.24, 2.45) is 0 Å². The molecule has 2 aromatic rings. The third-order valence-corrected chi connectivity index (χ3v) is 3.95. The Hall–Kier alpha value is -2.57. The van der Waals surface area contributed by atoms with E-state index in [1.54, 1.807) is 23.1 Å². The summed E-state index contributed by atoms with van der Waals surface area (Å²) in [5, 5.41) is 8.17. The van der Waals surface area contributed by atoms with Gasteiger partial charge < -0.3 is 14.4 Å². The summed E-state index contributed by atoms with van der Waals surface area (Å²) < 4.78 is 10.1. The lowest BCUT2D eigenvalue weighted by atomic mass is 9.94. The summed E-state index contributed by atoms with van der Waals surface area (Å²) in [4.78, 5) is 25.4. The number of benzene rings is 1. The van der Waals surface area contributed by atoms with Crippen molar-refractivity contribution in [3.05, 3.63) is 29.5 Å². The molecule has 3 rings (SSSR count). The van der Waals surface area contributed by atoms with E-state index in [0.717, 1.165) is 16.6 Å². The molecular formula is C17H21N3O4. The first-order valence-electron chi connectivity index (χ1n) is 7.83. The van der Waals surface area contributed by atoms with Gasteiger partial charge in [-0.3, -0.25) is 5.10 Å². The summed E-state index contributed by atoms with van der Waals surface area (Å²) in [6.07, 6.45) is -0.308. The fourth-order valence-corrected chi connectivity index (χ4v) is 2.72. The highest BCUT2D eigenvalue weighted by Crippen LogP contribution is 2.32. The summed E-state index contributed by atoms with van der Waals surface area (Å²) >= 11 is 0. The van der Waals surface area contributed by atoms with Crippen LogP contribution in [-0.2, 0) is 9.47 Å². The fourth-order valence-electron chi connectivity index (χ4n) is 2.72. The maximum atomic E-state index is 12.0. The number of aromatic nitrogens is 2. The van der Waals surface area contributed by atoms with Gasteiger partial charge in [0.2, 0.25) is 0 Å². The molecule has 0 atom stereocenters. The molecule has 2 heterocycles. The van der Waals surface area contributed by atoms with Crippen LogP contribution in [0.2, 0.25) is 0 Å². The number of methoxy groups -OCH3 is 1. The van der Waals surface area contributed by atoms with E-state index >= 15 is 0 Å². The van der Waals surface area contributed by atoms with Gasteiger partial charge in [0.25, 0.3) is 0 Å². The second-order valence-corrected chi connectivity index (χ2v) is 6.94. The third-order valence-electron chi connectivity index (χ3n) is 3.95. The van der Waals surface area contributed by atoms with Gasteiger partial charge >= 0.3 is 12.1 Å². The predicted octanol–water partition coefficient (Wildman–Crippen LogP) is 2.68. The second-order valence-electron chi connectivity index (χ2n) is 6.94. The highest BCUT2D eigenvalue weighted by molar-refractivity contribution is 5.95. The van der Waals surface area contributed by atoms with Gasteiger partial charge in [-0.2, -0.15) is 5.10 Å². The number of likely N-dealkylation sites (tertiary alicyclic amines) is 1. The van der Waals surface area contributed by atoms with Crippen LogP contribution in [0.3, 0.4) is 0 Å². The van der Waals surface area contributed by atoms with Crippen LogP contribution in [0.25, 0.3) is 10.9 Å². The average molecular weight is 331 g/mol. The Bertz CT molecular complexity index is 785. The van der Waals surface area contributed by atoms with Crippen molar-refractivity contribution in [1.82, 2.24) is 15.1 Å². The van der Waals surface area contributed by atoms with Crippen molar-refractivity contribution in [2.75, 3.05) is 20.2 Å². The molecule has 0 bridgehead atoms. The molecular weight excluding hydrogens is 310 g/mol. The lowest BCUT2D eigenvalue weighted by Crippen LogP contribution is -2.50. The largest absolute Gasteiger partial charge is 0.465 e. The molecule has 1 N–H and O–H groups in total. The van der Waals surface area contributed by atoms with Crippen molar-refractivity contribution in [2.45, 2.75) is 32.3 Å². The minimum atomic E-state index is -0.502. The molecule has 1 aliphatic heterocycles. The monoisotopic (exact) mass is 331 g/mol. The van der Waals surface area contributed by atoms with Crippen LogP contribution in [0.4, 0.5) is 4.79 Å². The van der Waals surface area contributed by atoms with E-state index < -0.39 is 5.60 Å². The molecule has 1 aromatic heterocycles. The molecule has 128 valence electrons. The van der Waals surface area contributed by atoms with E-state index in [4.69, 9.17) is 9.47 Å². The molecule has 0 radical (unpaired) electrons. The second kappa shape index (κ2) is 5.81. The molecule has 0 spiro atoms. The first-order valence-corrected chi connectivity index (χ1v) is 7.83. The Morgan fingerprint density at radius 2 is 2.00 bits per heavy atom. The van der Waals surface area contributed by atoms with Crippen LogP contribution in [0, 0.1) is 0 Å². The molecule has 24 heavy (non-hydrogen) atoms. The van der Waals surface area contributed by atoms with E-state index in [2.05, 4.69) is 10.2 Å². The number of carbonyl (C=O) groups is 2. The van der Waals surface area contributed by atoms with Crippen molar-refractivity contribution in [3.63, 3.8) is 0 Å². The lowest BCUT2D eigenvalue weighted by molar-refractivity contribution is 0.00796. The van der Waals surface area contributed by atoms with E-state index in [1.165, 1.54) is 7.11 Å². The van der Waals surface area contributed by atoms with Crippen LogP contribution in [0.5, 0.6) is 0 Å². The van der Waals surface area contributed by atoms with Crippen LogP contribution in [0.15, 0.2) is 18.2 Å². The average Bonchev–Trinajstić information content (AvgIpc) is 2.86. The topological polar surface area (TPSA) is 84.5 Å². The van der Waals surface area contributed by atoms with Crippen LogP contribution >= 0.6 is 0 Å². The number of nitrogens with one attached hydrogen (secondary N) is 1. The molecule has 1 fully saturated rings. The van der Waals surface area contributed by atoms with Crippen molar-refractivity contribution >= 4 is 23.0 Å². The number of hydrogen-bond acceptors (Lipinski definition) is 5. The van der Waals surface area contributed by atoms with Gasteiger partial charge in [-0.25, -0.2) is 9.59 Å². The highest BCUT2D eigenvalue weighted by Gasteiger charge is 2.36. The number of carbonyl (C=O) groups excluding carboxylic acids is 2. The maximum absolute atomic E-state index is 12.0. The molecule has 1 aliphatic rings. The Morgan fingerprint density at radius 1 is 1.29 bits per heavy atom. The Kier molecular flexibility index (Phi) is 3.95. The lowest BCUT2D eigenvalue weighted by Gasteiger charge is -2.39. The molecule has 0 aliphatic carbocycles. The first kappa shape index (κ1) is 16.3. The van der Waals surface area contributed by atoms with Crippen LogP contribution in [0.1, 0.15) is 42.7 Å². The van der Waals surface area contributed by atoms with E-state index in [1.807, 2.05) is 20.8 Å². The number of ether oxygens (including phenoxy) is 2. The normalized spacial score (nSPS) is 15.2. The van der Waals surface area contributed by atoms with E-state index in [0.29, 0.717) is 18.7 Å². The number of hydrogen-bond donors (Lipinski definition) is 1. The molecule has 0 unspecified atom stereocenters. The Labute approximate surface area is 139 Å². The number of amides is 1. The Morgan fingerprint density at radius 3 is 2.62 bits per heavy atom. The third kappa shape index (κ3) is 3.06. The van der Waals surface area contributed by atoms with Crippen molar-refractivity contribution < 1.29 is 19.1 Å². The summed E-state index contributed by atoms with van der Waals surface area (Å²) in [5.74, 6) is -0.233. The summed E-state index contributed by atoms with van der Waals surface area (Å²) in [6, 6.07) is 5.24. The summed E-state index contributed by atoms with van der Waals surface area (Å²) in [7, 11) is 1.35. The zero-order chi connectivity index (χ0) is 17.5. The molecule has 0 saturated carbocycles. The number of nitrogens with zero attached hydrogens (tertiary/aromatic N) is 2.